The van der Waals surface area contributed by atoms with E-state index in [-0.39, 0.29) is 24.6 Å². The van der Waals surface area contributed by atoms with Gasteiger partial charge in [-0.3, -0.25) is 4.79 Å². The van der Waals surface area contributed by atoms with Crippen LogP contribution in [-0.4, -0.2) is 50.6 Å². The van der Waals surface area contributed by atoms with Gasteiger partial charge in [0.2, 0.25) is 11.8 Å². The number of benzene rings is 1. The molecular formula is C20H27N6O5+. The van der Waals surface area contributed by atoms with Crippen LogP contribution in [0.5, 0.6) is 0 Å². The summed E-state index contributed by atoms with van der Waals surface area (Å²) < 4.78 is 5.37. The Morgan fingerprint density at radius 3 is 2.71 bits per heavy atom. The van der Waals surface area contributed by atoms with Gasteiger partial charge >= 0.3 is 12.0 Å². The van der Waals surface area contributed by atoms with E-state index in [1.165, 1.54) is 4.90 Å². The molecule has 3 amide bonds. The van der Waals surface area contributed by atoms with Crippen LogP contribution in [0.25, 0.3) is 0 Å². The van der Waals surface area contributed by atoms with E-state index in [0.717, 1.165) is 5.56 Å². The quantitative estimate of drug-likeness (QED) is 0.469. The molecule has 31 heavy (non-hydrogen) atoms. The normalized spacial score (nSPS) is 17.8. The van der Waals surface area contributed by atoms with Crippen molar-refractivity contribution in [3.8, 4) is 0 Å². The lowest BCUT2D eigenvalue weighted by Crippen LogP contribution is -2.47. The molecule has 1 saturated heterocycles. The number of nitrogens with one attached hydrogen (secondary N) is 1. The number of amides is 3. The number of urea groups is 1. The SMILES string of the molecule is NC(=O)CC[C@H](N)c1noc([C@H](Cc2ccccc2)NC(=O)N2CCCC2C(=O)[OH2+])n1. The molecule has 1 fully saturated rings. The third-order valence-electron chi connectivity index (χ3n) is 5.19. The van der Waals surface area contributed by atoms with Gasteiger partial charge in [0.25, 0.3) is 0 Å². The van der Waals surface area contributed by atoms with Crippen molar-refractivity contribution in [1.29, 1.82) is 0 Å². The maximum absolute atomic E-state index is 12.9. The molecule has 3 atom stereocenters. The minimum absolute atomic E-state index is 0.0900. The highest BCUT2D eigenvalue weighted by atomic mass is 16.5. The Hall–Kier alpha value is -3.47. The van der Waals surface area contributed by atoms with E-state index in [0.29, 0.717) is 25.8 Å². The van der Waals surface area contributed by atoms with Crippen LogP contribution in [0.3, 0.4) is 0 Å². The minimum atomic E-state index is -0.784. The number of hydrogen-bond acceptors (Lipinski definition) is 7. The van der Waals surface area contributed by atoms with E-state index in [9.17, 15) is 14.4 Å². The third kappa shape index (κ3) is 5.79. The molecule has 3 rings (SSSR count). The van der Waals surface area contributed by atoms with Crippen LogP contribution in [-0.2, 0) is 16.0 Å². The van der Waals surface area contributed by atoms with Crippen molar-refractivity contribution in [2.75, 3.05) is 6.54 Å². The summed E-state index contributed by atoms with van der Waals surface area (Å²) in [6.45, 7) is 0.395. The lowest BCUT2D eigenvalue weighted by atomic mass is 10.1. The second-order valence-corrected chi connectivity index (χ2v) is 7.51. The first-order valence-corrected chi connectivity index (χ1v) is 10.1. The van der Waals surface area contributed by atoms with Crippen molar-refractivity contribution in [3.63, 3.8) is 0 Å². The Labute approximate surface area is 178 Å². The van der Waals surface area contributed by atoms with Crippen LogP contribution in [0, 0.1) is 0 Å². The molecule has 166 valence electrons. The molecule has 7 N–H and O–H groups in total. The van der Waals surface area contributed by atoms with E-state index in [1.54, 1.807) is 0 Å². The maximum atomic E-state index is 12.9. The van der Waals surface area contributed by atoms with Crippen molar-refractivity contribution >= 4 is 17.9 Å². The summed E-state index contributed by atoms with van der Waals surface area (Å²) >= 11 is 0. The zero-order valence-corrected chi connectivity index (χ0v) is 17.0. The summed E-state index contributed by atoms with van der Waals surface area (Å²) in [4.78, 5) is 41.1. The lowest BCUT2D eigenvalue weighted by Gasteiger charge is -2.23. The molecule has 11 heteroatoms. The highest BCUT2D eigenvalue weighted by molar-refractivity contribution is 5.83. The first-order chi connectivity index (χ1) is 14.8. The summed E-state index contributed by atoms with van der Waals surface area (Å²) in [5, 5.41) is 14.1. The summed E-state index contributed by atoms with van der Waals surface area (Å²) in [6, 6.07) is 6.92. The number of hydrogen-bond donors (Lipinski definition) is 3. The lowest BCUT2D eigenvalue weighted by molar-refractivity contribution is -0.141. The molecule has 0 bridgehead atoms. The van der Waals surface area contributed by atoms with Crippen molar-refractivity contribution in [2.24, 2.45) is 11.5 Å². The molecule has 2 heterocycles. The van der Waals surface area contributed by atoms with Gasteiger partial charge in [-0.25, -0.2) is 4.79 Å². The van der Waals surface area contributed by atoms with E-state index >= 15 is 0 Å². The van der Waals surface area contributed by atoms with E-state index < -0.39 is 36.0 Å². The van der Waals surface area contributed by atoms with Crippen LogP contribution < -0.4 is 16.8 Å². The molecule has 1 aromatic carbocycles. The second kappa shape index (κ2) is 10.0. The number of aromatic nitrogens is 2. The van der Waals surface area contributed by atoms with Crippen LogP contribution in [0.15, 0.2) is 34.9 Å². The summed E-state index contributed by atoms with van der Waals surface area (Å²) in [6.07, 6.45) is 1.86. The zero-order valence-electron chi connectivity index (χ0n) is 17.0. The predicted molar refractivity (Wildman–Crippen MR) is 109 cm³/mol. The van der Waals surface area contributed by atoms with Gasteiger partial charge in [0.05, 0.1) is 6.04 Å². The van der Waals surface area contributed by atoms with Gasteiger partial charge in [0, 0.05) is 24.2 Å². The Bertz CT molecular complexity index is 918. The Morgan fingerprint density at radius 2 is 2.03 bits per heavy atom. The smallest absolute Gasteiger partial charge is 0.538 e. The standard InChI is InChI=1S/C20H26N6O5/c21-13(8-9-16(22)27)17-24-18(31-25-17)14(11-12-5-2-1-3-6-12)23-20(30)26-10-4-7-15(26)19(28)29/h1-3,5-6,13-15H,4,7-11,21H2,(H2,22,27)(H,23,30)(H,28,29)/p+1/t13-,14-,15?/m0/s1. The van der Waals surface area contributed by atoms with Gasteiger partial charge in [-0.2, -0.15) is 4.98 Å². The fourth-order valence-electron chi connectivity index (χ4n) is 3.53. The third-order valence-corrected chi connectivity index (χ3v) is 5.19. The molecule has 0 aliphatic carbocycles. The Morgan fingerprint density at radius 1 is 1.29 bits per heavy atom. The molecule has 1 aliphatic heterocycles. The van der Waals surface area contributed by atoms with Crippen LogP contribution in [0.1, 0.15) is 55.0 Å². The number of rotatable bonds is 9. The molecule has 0 saturated carbocycles. The number of carbonyl (C=O) groups is 3. The van der Waals surface area contributed by atoms with Gasteiger partial charge in [-0.05, 0) is 24.8 Å². The van der Waals surface area contributed by atoms with E-state index in [1.807, 2.05) is 30.3 Å². The molecule has 0 radical (unpaired) electrons. The summed E-state index contributed by atoms with van der Waals surface area (Å²) in [7, 11) is 0. The molecule has 1 unspecified atom stereocenters. The van der Waals surface area contributed by atoms with Crippen molar-refractivity contribution in [1.82, 2.24) is 20.4 Å². The van der Waals surface area contributed by atoms with E-state index in [4.69, 9.17) is 21.1 Å². The zero-order chi connectivity index (χ0) is 22.4. The molecule has 0 spiro atoms. The van der Waals surface area contributed by atoms with Gasteiger partial charge in [-0.1, -0.05) is 35.5 Å². The topological polar surface area (TPSA) is 180 Å². The minimum Gasteiger partial charge on any atom is -0.563 e. The average Bonchev–Trinajstić information content (AvgIpc) is 3.42. The largest absolute Gasteiger partial charge is 0.563 e. The van der Waals surface area contributed by atoms with Gasteiger partial charge < -0.3 is 31.3 Å². The first kappa shape index (κ1) is 22.2. The predicted octanol–water partition coefficient (Wildman–Crippen LogP) is 0.0439. The van der Waals surface area contributed by atoms with Gasteiger partial charge in [-0.15, -0.1) is 0 Å². The highest BCUT2D eigenvalue weighted by Gasteiger charge is 2.39. The monoisotopic (exact) mass is 431 g/mol. The fourth-order valence-corrected chi connectivity index (χ4v) is 3.53. The average molecular weight is 431 g/mol. The summed E-state index contributed by atoms with van der Waals surface area (Å²) in [5.74, 6) is -0.885. The van der Waals surface area contributed by atoms with Gasteiger partial charge in [0.15, 0.2) is 11.9 Å². The van der Waals surface area contributed by atoms with E-state index in [2.05, 4.69) is 15.5 Å². The number of likely N-dealkylation sites (tertiary alicyclic amines) is 1. The molecule has 1 aliphatic rings. The Balaban J connectivity index is 1.78. The van der Waals surface area contributed by atoms with Crippen molar-refractivity contribution in [2.45, 2.75) is 50.2 Å². The van der Waals surface area contributed by atoms with Crippen LogP contribution in [0.4, 0.5) is 4.79 Å². The maximum Gasteiger partial charge on any atom is 0.538 e. The molecule has 11 nitrogen and oxygen atoms in total. The van der Waals surface area contributed by atoms with Crippen LogP contribution in [0.2, 0.25) is 0 Å². The molecule has 2 aromatic rings. The van der Waals surface area contributed by atoms with Crippen molar-refractivity contribution in [3.05, 3.63) is 47.6 Å². The number of primary amides is 1. The van der Waals surface area contributed by atoms with Crippen LogP contribution >= 0.6 is 0 Å². The highest BCUT2D eigenvalue weighted by Crippen LogP contribution is 2.23. The summed E-state index contributed by atoms with van der Waals surface area (Å²) in [5.41, 5.74) is 12.1. The molecule has 1 aromatic heterocycles. The fraction of sp³-hybridized carbons (Fsp3) is 0.450. The first-order valence-electron chi connectivity index (χ1n) is 10.1. The van der Waals surface area contributed by atoms with Crippen molar-refractivity contribution < 1.29 is 24.0 Å². The molecular weight excluding hydrogens is 404 g/mol. The second-order valence-electron chi connectivity index (χ2n) is 7.51. The number of nitrogens with zero attached hydrogens (tertiary/aromatic N) is 3. The Kier molecular flexibility index (Phi) is 7.19. The number of carbonyl (C=O) groups excluding carboxylic acids is 3. The number of nitrogens with two attached hydrogens (primary N) is 2. The van der Waals surface area contributed by atoms with Gasteiger partial charge in [0.1, 0.15) is 6.04 Å².